The molecule has 0 spiro atoms. The summed E-state index contributed by atoms with van der Waals surface area (Å²) in [6, 6.07) is 7.80. The molecule has 1 fully saturated rings. The number of carbonyl (C=O) groups excluding carboxylic acids is 2. The molecule has 3 rings (SSSR count). The van der Waals surface area contributed by atoms with Gasteiger partial charge in [-0.05, 0) is 43.0 Å². The highest BCUT2D eigenvalue weighted by molar-refractivity contribution is 5.96. The molecule has 2 N–H and O–H groups in total. The molecule has 1 saturated heterocycles. The Hall–Kier alpha value is -3.37. The van der Waals surface area contributed by atoms with E-state index < -0.39 is 17.6 Å². The fraction of sp³-hybridized carbons (Fsp3) is 0.478. The molecule has 1 aliphatic rings. The van der Waals surface area contributed by atoms with E-state index in [1.165, 1.54) is 23.1 Å². The highest BCUT2D eigenvalue weighted by atomic mass is 19.4. The summed E-state index contributed by atoms with van der Waals surface area (Å²) in [7, 11) is 0. The van der Waals surface area contributed by atoms with Crippen LogP contribution >= 0.6 is 0 Å². The minimum atomic E-state index is -4.59. The molecule has 184 valence electrons. The fourth-order valence-corrected chi connectivity index (χ4v) is 3.66. The van der Waals surface area contributed by atoms with Gasteiger partial charge in [0.05, 0.1) is 11.1 Å². The third kappa shape index (κ3) is 6.82. The van der Waals surface area contributed by atoms with Gasteiger partial charge in [0.25, 0.3) is 5.91 Å². The predicted octanol–water partition coefficient (Wildman–Crippen LogP) is 4.02. The molecule has 0 aliphatic carbocycles. The molecule has 0 unspecified atom stereocenters. The summed E-state index contributed by atoms with van der Waals surface area (Å²) < 4.78 is 39.8. The first kappa shape index (κ1) is 25.3. The molecule has 0 radical (unpaired) electrons. The van der Waals surface area contributed by atoms with Crippen LogP contribution in [0.4, 0.5) is 29.6 Å². The van der Waals surface area contributed by atoms with Crippen LogP contribution in [0.2, 0.25) is 0 Å². The number of nitrogens with zero attached hydrogens (tertiary/aromatic N) is 4. The zero-order valence-corrected chi connectivity index (χ0v) is 19.2. The molecule has 34 heavy (non-hydrogen) atoms. The van der Waals surface area contributed by atoms with Gasteiger partial charge < -0.3 is 15.1 Å². The molecule has 0 bridgehead atoms. The van der Waals surface area contributed by atoms with E-state index in [1.807, 2.05) is 4.90 Å². The lowest BCUT2D eigenvalue weighted by Gasteiger charge is -2.35. The van der Waals surface area contributed by atoms with Crippen molar-refractivity contribution in [2.45, 2.75) is 32.9 Å². The second-order valence-electron chi connectivity index (χ2n) is 8.52. The van der Waals surface area contributed by atoms with Crippen LogP contribution in [0.25, 0.3) is 0 Å². The monoisotopic (exact) mass is 478 g/mol. The Balaban J connectivity index is 1.51. The molecule has 1 aromatic carbocycles. The van der Waals surface area contributed by atoms with Gasteiger partial charge in [-0.25, -0.2) is 4.79 Å². The summed E-state index contributed by atoms with van der Waals surface area (Å²) in [5, 5.41) is 13.6. The second kappa shape index (κ2) is 11.2. The number of rotatable bonds is 7. The van der Waals surface area contributed by atoms with Crippen LogP contribution in [0.3, 0.4) is 0 Å². The molecule has 1 aromatic heterocycles. The molecule has 2 aromatic rings. The second-order valence-corrected chi connectivity index (χ2v) is 8.52. The van der Waals surface area contributed by atoms with E-state index in [0.29, 0.717) is 37.2 Å². The van der Waals surface area contributed by atoms with E-state index in [1.54, 1.807) is 12.1 Å². The lowest BCUT2D eigenvalue weighted by atomic mass is 10.1. The summed E-state index contributed by atoms with van der Waals surface area (Å²) in [4.78, 5) is 28.0. The number of carbonyl (C=O) groups is 2. The van der Waals surface area contributed by atoms with Gasteiger partial charge in [0.15, 0.2) is 11.6 Å². The number of urea groups is 1. The van der Waals surface area contributed by atoms with Gasteiger partial charge in [0.1, 0.15) is 0 Å². The van der Waals surface area contributed by atoms with E-state index in [0.717, 1.165) is 18.9 Å². The Bertz CT molecular complexity index is 973. The van der Waals surface area contributed by atoms with Crippen LogP contribution < -0.4 is 15.5 Å². The minimum Gasteiger partial charge on any atom is -0.352 e. The van der Waals surface area contributed by atoms with Gasteiger partial charge in [-0.2, -0.15) is 13.2 Å². The Kier molecular flexibility index (Phi) is 8.30. The maximum atomic E-state index is 13.3. The van der Waals surface area contributed by atoms with Crippen molar-refractivity contribution in [2.24, 2.45) is 5.92 Å². The third-order valence-electron chi connectivity index (χ3n) is 5.49. The summed E-state index contributed by atoms with van der Waals surface area (Å²) in [5.74, 6) is 0.810. The summed E-state index contributed by atoms with van der Waals surface area (Å²) in [6.45, 7) is 6.14. The Morgan fingerprint density at radius 3 is 2.35 bits per heavy atom. The van der Waals surface area contributed by atoms with E-state index in [-0.39, 0.29) is 24.7 Å². The molecular formula is C23H29F3N6O2. The van der Waals surface area contributed by atoms with Crippen molar-refractivity contribution in [3.8, 4) is 0 Å². The van der Waals surface area contributed by atoms with Crippen molar-refractivity contribution < 1.29 is 22.8 Å². The van der Waals surface area contributed by atoms with Crippen LogP contribution in [0.15, 0.2) is 36.4 Å². The minimum absolute atomic E-state index is 0.255. The molecular weight excluding hydrogens is 449 g/mol. The topological polar surface area (TPSA) is 90.5 Å². The lowest BCUT2D eigenvalue weighted by molar-refractivity contribution is -0.138. The van der Waals surface area contributed by atoms with Gasteiger partial charge in [0, 0.05) is 32.7 Å². The normalized spacial score (nSPS) is 14.3. The number of alkyl halides is 3. The highest BCUT2D eigenvalue weighted by Crippen LogP contribution is 2.32. The number of benzene rings is 1. The van der Waals surface area contributed by atoms with Gasteiger partial charge in [-0.3, -0.25) is 10.1 Å². The van der Waals surface area contributed by atoms with Crippen molar-refractivity contribution in [2.75, 3.05) is 42.9 Å². The number of nitrogens with one attached hydrogen (secondary N) is 2. The largest absolute Gasteiger partial charge is 0.417 e. The van der Waals surface area contributed by atoms with Crippen molar-refractivity contribution in [3.63, 3.8) is 0 Å². The van der Waals surface area contributed by atoms with Crippen LogP contribution in [-0.2, 0) is 6.18 Å². The van der Waals surface area contributed by atoms with E-state index in [4.69, 9.17) is 0 Å². The van der Waals surface area contributed by atoms with Crippen LogP contribution in [0.5, 0.6) is 0 Å². The number of anilines is 2. The number of piperazine rings is 1. The fourth-order valence-electron chi connectivity index (χ4n) is 3.66. The molecule has 1 aliphatic heterocycles. The smallest absolute Gasteiger partial charge is 0.352 e. The average molecular weight is 479 g/mol. The van der Waals surface area contributed by atoms with Gasteiger partial charge in [0.2, 0.25) is 0 Å². The number of amides is 3. The van der Waals surface area contributed by atoms with Crippen LogP contribution in [-0.4, -0.2) is 59.8 Å². The quantitative estimate of drug-likeness (QED) is 0.587. The highest BCUT2D eigenvalue weighted by Gasteiger charge is 2.36. The zero-order valence-electron chi connectivity index (χ0n) is 19.2. The average Bonchev–Trinajstić information content (AvgIpc) is 2.81. The van der Waals surface area contributed by atoms with Crippen LogP contribution in [0, 0.1) is 5.92 Å². The van der Waals surface area contributed by atoms with E-state index in [9.17, 15) is 22.8 Å². The maximum Gasteiger partial charge on any atom is 0.417 e. The van der Waals surface area contributed by atoms with Gasteiger partial charge in [-0.15, -0.1) is 10.2 Å². The van der Waals surface area contributed by atoms with E-state index in [2.05, 4.69) is 34.7 Å². The number of halogens is 3. The molecule has 8 nitrogen and oxygen atoms in total. The molecule has 0 saturated carbocycles. The standard InChI is InChI=1S/C23H29F3N6O2/c1-16(2)6-5-11-27-22(34)28-19-9-10-20(30-29-19)31-12-14-32(15-13-31)21(33)17-7-3-4-8-18(17)23(24,25)26/h3-4,7-10,16H,5-6,11-15H2,1-2H3,(H2,27,28,29,34). The molecule has 11 heteroatoms. The molecule has 0 atom stereocenters. The zero-order chi connectivity index (χ0) is 24.7. The summed E-state index contributed by atoms with van der Waals surface area (Å²) in [6.07, 6.45) is -2.67. The Labute approximate surface area is 196 Å². The van der Waals surface area contributed by atoms with Gasteiger partial charge >= 0.3 is 12.2 Å². The number of hydrogen-bond donors (Lipinski definition) is 2. The predicted molar refractivity (Wildman–Crippen MR) is 123 cm³/mol. The molecule has 3 amide bonds. The first-order valence-electron chi connectivity index (χ1n) is 11.2. The van der Waals surface area contributed by atoms with Gasteiger partial charge in [-0.1, -0.05) is 26.0 Å². The van der Waals surface area contributed by atoms with Crippen molar-refractivity contribution in [3.05, 3.63) is 47.5 Å². The maximum absolute atomic E-state index is 13.3. The summed E-state index contributed by atoms with van der Waals surface area (Å²) >= 11 is 0. The lowest BCUT2D eigenvalue weighted by Crippen LogP contribution is -2.49. The number of aromatic nitrogens is 2. The summed E-state index contributed by atoms with van der Waals surface area (Å²) in [5.41, 5.74) is -1.28. The van der Waals surface area contributed by atoms with Crippen molar-refractivity contribution in [1.29, 1.82) is 0 Å². The third-order valence-corrected chi connectivity index (χ3v) is 5.49. The number of hydrogen-bond acceptors (Lipinski definition) is 5. The Morgan fingerprint density at radius 1 is 1.03 bits per heavy atom. The van der Waals surface area contributed by atoms with Crippen LogP contribution in [0.1, 0.15) is 42.6 Å². The Morgan fingerprint density at radius 2 is 1.74 bits per heavy atom. The van der Waals surface area contributed by atoms with Crippen molar-refractivity contribution >= 4 is 23.6 Å². The first-order valence-corrected chi connectivity index (χ1v) is 11.2. The SMILES string of the molecule is CC(C)CCCNC(=O)Nc1ccc(N2CCN(C(=O)c3ccccc3C(F)(F)F)CC2)nn1. The molecule has 2 heterocycles. The van der Waals surface area contributed by atoms with Crippen molar-refractivity contribution in [1.82, 2.24) is 20.4 Å². The first-order chi connectivity index (χ1) is 16.1. The van der Waals surface area contributed by atoms with E-state index >= 15 is 0 Å².